The summed E-state index contributed by atoms with van der Waals surface area (Å²) in [4.78, 5) is 0. The van der Waals surface area contributed by atoms with Crippen molar-refractivity contribution in [3.05, 3.63) is 24.3 Å². The van der Waals surface area contributed by atoms with E-state index in [-0.39, 0.29) is 0 Å². The molecule has 0 aromatic rings. The first-order valence-corrected chi connectivity index (χ1v) is 3.70. The summed E-state index contributed by atoms with van der Waals surface area (Å²) in [7, 11) is 0. The molecule has 0 saturated carbocycles. The minimum Gasteiger partial charge on any atom is -0.122 e. The Hall–Kier alpha value is -0.230. The van der Waals surface area contributed by atoms with E-state index in [0.29, 0.717) is 11.8 Å². The molecule has 0 aliphatic carbocycles. The lowest BCUT2D eigenvalue weighted by Crippen LogP contribution is -1.74. The van der Waals surface area contributed by atoms with Crippen molar-refractivity contribution in [1.29, 1.82) is 0 Å². The molecule has 0 rings (SSSR count). The Morgan fingerprint density at radius 3 is 2.44 bits per heavy atom. The van der Waals surface area contributed by atoms with Gasteiger partial charge in [0.25, 0.3) is 0 Å². The molecular formula is C8H13Cl. The summed E-state index contributed by atoms with van der Waals surface area (Å²) in [6, 6.07) is 0. The van der Waals surface area contributed by atoms with E-state index in [4.69, 9.17) is 11.6 Å². The molecule has 0 radical (unpaired) electrons. The van der Waals surface area contributed by atoms with E-state index in [1.54, 1.807) is 0 Å². The van der Waals surface area contributed by atoms with E-state index in [0.717, 1.165) is 0 Å². The minimum absolute atomic E-state index is 0.600. The lowest BCUT2D eigenvalue weighted by atomic mass is 10.2. The molecule has 0 nitrogen and oxygen atoms in total. The van der Waals surface area contributed by atoms with Gasteiger partial charge in [0.2, 0.25) is 0 Å². The zero-order chi connectivity index (χ0) is 7.11. The van der Waals surface area contributed by atoms with Crippen molar-refractivity contribution in [3.63, 3.8) is 0 Å². The maximum atomic E-state index is 5.40. The van der Waals surface area contributed by atoms with Crippen molar-refractivity contribution >= 4 is 11.6 Å². The number of allylic oxidation sites excluding steroid dienone is 4. The third kappa shape index (κ3) is 7.77. The molecule has 0 aromatic carbocycles. The fourth-order valence-electron chi connectivity index (χ4n) is 0.416. The highest BCUT2D eigenvalue weighted by Gasteiger charge is 1.78. The van der Waals surface area contributed by atoms with E-state index < -0.39 is 0 Å². The van der Waals surface area contributed by atoms with E-state index in [9.17, 15) is 0 Å². The van der Waals surface area contributed by atoms with Crippen LogP contribution in [0, 0.1) is 5.92 Å². The monoisotopic (exact) mass is 144 g/mol. The number of halogens is 1. The molecule has 0 amide bonds. The molecule has 0 spiro atoms. The SMILES string of the molecule is CC(C)/C=C/C=C/CCl. The van der Waals surface area contributed by atoms with Gasteiger partial charge in [-0.05, 0) is 5.92 Å². The van der Waals surface area contributed by atoms with Gasteiger partial charge >= 0.3 is 0 Å². The van der Waals surface area contributed by atoms with Crippen molar-refractivity contribution in [2.24, 2.45) is 5.92 Å². The quantitative estimate of drug-likeness (QED) is 0.422. The predicted molar refractivity (Wildman–Crippen MR) is 43.8 cm³/mol. The topological polar surface area (TPSA) is 0 Å². The van der Waals surface area contributed by atoms with E-state index in [1.807, 2.05) is 18.2 Å². The Morgan fingerprint density at radius 2 is 2.00 bits per heavy atom. The van der Waals surface area contributed by atoms with Crippen LogP contribution in [0.25, 0.3) is 0 Å². The molecule has 0 aliphatic rings. The Morgan fingerprint density at radius 1 is 1.33 bits per heavy atom. The maximum absolute atomic E-state index is 5.40. The largest absolute Gasteiger partial charge is 0.122 e. The fraction of sp³-hybridized carbons (Fsp3) is 0.500. The lowest BCUT2D eigenvalue weighted by molar-refractivity contribution is 0.832. The average molecular weight is 145 g/mol. The van der Waals surface area contributed by atoms with Crippen LogP contribution in [-0.2, 0) is 0 Å². The van der Waals surface area contributed by atoms with Crippen LogP contribution < -0.4 is 0 Å². The third-order valence-corrected chi connectivity index (χ3v) is 1.01. The van der Waals surface area contributed by atoms with E-state index >= 15 is 0 Å². The molecule has 9 heavy (non-hydrogen) atoms. The Labute approximate surface area is 62.2 Å². The van der Waals surface area contributed by atoms with Crippen molar-refractivity contribution in [3.8, 4) is 0 Å². The van der Waals surface area contributed by atoms with E-state index in [1.165, 1.54) is 0 Å². The zero-order valence-corrected chi connectivity index (χ0v) is 6.73. The second kappa shape index (κ2) is 5.90. The first kappa shape index (κ1) is 8.77. The number of rotatable bonds is 3. The van der Waals surface area contributed by atoms with Crippen LogP contribution in [0.2, 0.25) is 0 Å². The smallest absolute Gasteiger partial charge is 0.0407 e. The predicted octanol–water partition coefficient (Wildman–Crippen LogP) is 2.99. The summed E-state index contributed by atoms with van der Waals surface area (Å²) in [6.07, 6.45) is 8.03. The van der Waals surface area contributed by atoms with Gasteiger partial charge in [-0.1, -0.05) is 38.2 Å². The molecule has 0 atom stereocenters. The van der Waals surface area contributed by atoms with Crippen molar-refractivity contribution < 1.29 is 0 Å². The van der Waals surface area contributed by atoms with Gasteiger partial charge in [-0.3, -0.25) is 0 Å². The summed E-state index contributed by atoms with van der Waals surface area (Å²) in [5.74, 6) is 1.23. The van der Waals surface area contributed by atoms with Gasteiger partial charge in [-0.2, -0.15) is 0 Å². The summed E-state index contributed by atoms with van der Waals surface area (Å²) >= 11 is 5.40. The van der Waals surface area contributed by atoms with Crippen LogP contribution in [0.5, 0.6) is 0 Å². The molecule has 0 heterocycles. The van der Waals surface area contributed by atoms with Crippen LogP contribution in [-0.4, -0.2) is 5.88 Å². The van der Waals surface area contributed by atoms with Gasteiger partial charge < -0.3 is 0 Å². The molecule has 0 aromatic heterocycles. The van der Waals surface area contributed by atoms with Gasteiger partial charge in [0.1, 0.15) is 0 Å². The minimum atomic E-state index is 0.600. The molecule has 0 fully saturated rings. The normalized spacial score (nSPS) is 12.4. The van der Waals surface area contributed by atoms with Crippen molar-refractivity contribution in [2.45, 2.75) is 13.8 Å². The van der Waals surface area contributed by atoms with Gasteiger partial charge in [0.05, 0.1) is 0 Å². The average Bonchev–Trinajstić information content (AvgIpc) is 1.80. The molecule has 0 saturated heterocycles. The highest BCUT2D eigenvalue weighted by molar-refractivity contribution is 6.18. The van der Waals surface area contributed by atoms with E-state index in [2.05, 4.69) is 19.9 Å². The lowest BCUT2D eigenvalue weighted by Gasteiger charge is -1.88. The fourth-order valence-corrected chi connectivity index (χ4v) is 0.519. The summed E-state index contributed by atoms with van der Waals surface area (Å²) < 4.78 is 0. The first-order valence-electron chi connectivity index (χ1n) is 3.16. The standard InChI is InChI=1S/C8H13Cl/c1-8(2)6-4-3-5-7-9/h3-6,8H,7H2,1-2H3/b5-3+,6-4+. The van der Waals surface area contributed by atoms with Crippen LogP contribution in [0.15, 0.2) is 24.3 Å². The Kier molecular flexibility index (Phi) is 5.75. The van der Waals surface area contributed by atoms with Crippen LogP contribution in [0.3, 0.4) is 0 Å². The van der Waals surface area contributed by atoms with Crippen LogP contribution >= 0.6 is 11.6 Å². The number of hydrogen-bond donors (Lipinski definition) is 0. The molecule has 0 N–H and O–H groups in total. The van der Waals surface area contributed by atoms with Gasteiger partial charge in [-0.25, -0.2) is 0 Å². The highest BCUT2D eigenvalue weighted by atomic mass is 35.5. The maximum Gasteiger partial charge on any atom is 0.0407 e. The van der Waals surface area contributed by atoms with Gasteiger partial charge in [-0.15, -0.1) is 11.6 Å². The molecular weight excluding hydrogens is 132 g/mol. The summed E-state index contributed by atoms with van der Waals surface area (Å²) in [5.41, 5.74) is 0. The molecule has 0 aliphatic heterocycles. The van der Waals surface area contributed by atoms with Crippen LogP contribution in [0.1, 0.15) is 13.8 Å². The van der Waals surface area contributed by atoms with Gasteiger partial charge in [0, 0.05) is 5.88 Å². The van der Waals surface area contributed by atoms with Gasteiger partial charge in [0.15, 0.2) is 0 Å². The van der Waals surface area contributed by atoms with Crippen molar-refractivity contribution in [2.75, 3.05) is 5.88 Å². The van der Waals surface area contributed by atoms with Crippen molar-refractivity contribution in [1.82, 2.24) is 0 Å². The molecule has 0 unspecified atom stereocenters. The highest BCUT2D eigenvalue weighted by Crippen LogP contribution is 1.93. The Bertz CT molecular complexity index is 101. The number of alkyl halides is 1. The second-order valence-electron chi connectivity index (χ2n) is 2.21. The summed E-state index contributed by atoms with van der Waals surface area (Å²) in [5, 5.41) is 0. The first-order chi connectivity index (χ1) is 4.27. The number of hydrogen-bond acceptors (Lipinski definition) is 0. The summed E-state index contributed by atoms with van der Waals surface area (Å²) in [6.45, 7) is 4.29. The molecule has 0 bridgehead atoms. The molecule has 52 valence electrons. The second-order valence-corrected chi connectivity index (χ2v) is 2.52. The molecule has 1 heteroatoms. The Balaban J connectivity index is 3.35. The van der Waals surface area contributed by atoms with Crippen LogP contribution in [0.4, 0.5) is 0 Å². The zero-order valence-electron chi connectivity index (χ0n) is 5.97. The third-order valence-electron chi connectivity index (χ3n) is 0.832.